The van der Waals surface area contributed by atoms with Crippen molar-refractivity contribution in [2.75, 3.05) is 39.3 Å². The lowest BCUT2D eigenvalue weighted by atomic mass is 10.2. The van der Waals surface area contributed by atoms with Crippen LogP contribution in [0.5, 0.6) is 0 Å². The van der Waals surface area contributed by atoms with Crippen molar-refractivity contribution in [2.24, 2.45) is 5.73 Å². The number of nitrogens with two attached hydrogens (primary N) is 1. The van der Waals surface area contributed by atoms with Crippen molar-refractivity contribution in [2.45, 2.75) is 19.9 Å². The third kappa shape index (κ3) is 5.03. The SMILES string of the molecule is CCN1CCN(CC(=O)N(CCCN)Cc2ccccc2)C(=O)C1=O. The summed E-state index contributed by atoms with van der Waals surface area (Å²) >= 11 is 0. The fourth-order valence-corrected chi connectivity index (χ4v) is 2.81. The molecule has 7 heteroatoms. The van der Waals surface area contributed by atoms with E-state index in [2.05, 4.69) is 0 Å². The van der Waals surface area contributed by atoms with Gasteiger partial charge in [0, 0.05) is 32.7 Å². The van der Waals surface area contributed by atoms with Crippen LogP contribution < -0.4 is 5.73 Å². The van der Waals surface area contributed by atoms with Crippen molar-refractivity contribution in [3.8, 4) is 0 Å². The average Bonchev–Trinajstić information content (AvgIpc) is 2.63. The Morgan fingerprint density at radius 1 is 1.12 bits per heavy atom. The zero-order valence-corrected chi connectivity index (χ0v) is 14.7. The van der Waals surface area contributed by atoms with Crippen LogP contribution in [0.4, 0.5) is 0 Å². The molecule has 7 nitrogen and oxygen atoms in total. The van der Waals surface area contributed by atoms with Gasteiger partial charge < -0.3 is 20.4 Å². The molecule has 0 bridgehead atoms. The minimum Gasteiger partial charge on any atom is -0.337 e. The van der Waals surface area contributed by atoms with Gasteiger partial charge in [-0.1, -0.05) is 30.3 Å². The normalized spacial score (nSPS) is 14.8. The molecule has 25 heavy (non-hydrogen) atoms. The maximum absolute atomic E-state index is 12.7. The van der Waals surface area contributed by atoms with Crippen molar-refractivity contribution in [3.63, 3.8) is 0 Å². The highest BCUT2D eigenvalue weighted by molar-refractivity contribution is 6.35. The molecular formula is C18H26N4O3. The number of carbonyl (C=O) groups is 3. The first-order valence-electron chi connectivity index (χ1n) is 8.66. The van der Waals surface area contributed by atoms with E-state index in [1.165, 1.54) is 9.80 Å². The van der Waals surface area contributed by atoms with Crippen molar-refractivity contribution in [1.29, 1.82) is 0 Å². The van der Waals surface area contributed by atoms with E-state index in [1.54, 1.807) is 4.90 Å². The lowest BCUT2D eigenvalue weighted by Gasteiger charge is -2.34. The molecule has 0 radical (unpaired) electrons. The number of nitrogens with zero attached hydrogens (tertiary/aromatic N) is 3. The number of amides is 3. The summed E-state index contributed by atoms with van der Waals surface area (Å²) in [5, 5.41) is 0. The third-order valence-electron chi connectivity index (χ3n) is 4.31. The van der Waals surface area contributed by atoms with Gasteiger partial charge in [-0.3, -0.25) is 14.4 Å². The summed E-state index contributed by atoms with van der Waals surface area (Å²) < 4.78 is 0. The van der Waals surface area contributed by atoms with Gasteiger partial charge in [0.1, 0.15) is 6.54 Å². The topological polar surface area (TPSA) is 86.9 Å². The van der Waals surface area contributed by atoms with Crippen LogP contribution in [0.1, 0.15) is 18.9 Å². The average molecular weight is 346 g/mol. The minimum atomic E-state index is -0.597. The number of benzene rings is 1. The lowest BCUT2D eigenvalue weighted by Crippen LogP contribution is -2.56. The second kappa shape index (κ2) is 9.17. The Balaban J connectivity index is 2.01. The standard InChI is InChI=1S/C18H26N4O3/c1-2-20-11-12-22(18(25)17(20)24)14-16(23)21(10-6-9-19)13-15-7-4-3-5-8-15/h3-5,7-8H,2,6,9-14,19H2,1H3. The number of carbonyl (C=O) groups excluding carboxylic acids is 3. The van der Waals surface area contributed by atoms with Crippen molar-refractivity contribution >= 4 is 17.7 Å². The van der Waals surface area contributed by atoms with E-state index in [-0.39, 0.29) is 12.5 Å². The number of rotatable bonds is 8. The van der Waals surface area contributed by atoms with Gasteiger partial charge in [-0.2, -0.15) is 0 Å². The van der Waals surface area contributed by atoms with Gasteiger partial charge in [-0.25, -0.2) is 0 Å². The largest absolute Gasteiger partial charge is 0.337 e. The van der Waals surface area contributed by atoms with Crippen molar-refractivity contribution in [1.82, 2.24) is 14.7 Å². The van der Waals surface area contributed by atoms with Crippen LogP contribution in [0.3, 0.4) is 0 Å². The van der Waals surface area contributed by atoms with Crippen molar-refractivity contribution < 1.29 is 14.4 Å². The second-order valence-corrected chi connectivity index (χ2v) is 6.05. The van der Waals surface area contributed by atoms with Gasteiger partial charge in [0.25, 0.3) is 0 Å². The molecule has 0 unspecified atom stereocenters. The molecule has 0 atom stereocenters. The van der Waals surface area contributed by atoms with Crippen LogP contribution in [0.2, 0.25) is 0 Å². The minimum absolute atomic E-state index is 0.0699. The Morgan fingerprint density at radius 2 is 1.76 bits per heavy atom. The van der Waals surface area contributed by atoms with Gasteiger partial charge >= 0.3 is 11.8 Å². The van der Waals surface area contributed by atoms with Crippen LogP contribution in [-0.4, -0.2) is 71.7 Å². The van der Waals surface area contributed by atoms with E-state index < -0.39 is 11.8 Å². The number of hydrogen-bond acceptors (Lipinski definition) is 4. The molecule has 1 fully saturated rings. The molecule has 1 aromatic rings. The Kier molecular flexibility index (Phi) is 6.94. The third-order valence-corrected chi connectivity index (χ3v) is 4.31. The summed E-state index contributed by atoms with van der Waals surface area (Å²) in [7, 11) is 0. The summed E-state index contributed by atoms with van der Waals surface area (Å²) in [5.74, 6) is -1.29. The molecule has 1 aliphatic heterocycles. The smallest absolute Gasteiger partial charge is 0.312 e. The van der Waals surface area contributed by atoms with Crippen LogP contribution in [0.15, 0.2) is 30.3 Å². The van der Waals surface area contributed by atoms with E-state index >= 15 is 0 Å². The first kappa shape index (κ1) is 18.9. The highest BCUT2D eigenvalue weighted by Crippen LogP contribution is 2.09. The van der Waals surface area contributed by atoms with E-state index in [0.717, 1.165) is 5.56 Å². The first-order chi connectivity index (χ1) is 12.1. The Morgan fingerprint density at radius 3 is 2.40 bits per heavy atom. The van der Waals surface area contributed by atoms with Gasteiger partial charge in [-0.05, 0) is 25.5 Å². The molecule has 0 aliphatic carbocycles. The monoisotopic (exact) mass is 346 g/mol. The summed E-state index contributed by atoms with van der Waals surface area (Å²) in [6.45, 7) is 4.61. The Labute approximate surface area is 148 Å². The number of likely N-dealkylation sites (N-methyl/N-ethyl adjacent to an activating group) is 1. The van der Waals surface area contributed by atoms with Gasteiger partial charge in [0.15, 0.2) is 0 Å². The molecule has 1 heterocycles. The molecule has 0 saturated carbocycles. The predicted octanol–water partition coefficient (Wildman–Crippen LogP) is 0.0547. The first-order valence-corrected chi connectivity index (χ1v) is 8.66. The fourth-order valence-electron chi connectivity index (χ4n) is 2.81. The fraction of sp³-hybridized carbons (Fsp3) is 0.500. The molecule has 2 N–H and O–H groups in total. The molecule has 1 saturated heterocycles. The van der Waals surface area contributed by atoms with E-state index in [4.69, 9.17) is 5.73 Å². The summed E-state index contributed by atoms with van der Waals surface area (Å²) in [6.07, 6.45) is 0.690. The molecule has 3 amide bonds. The molecule has 0 spiro atoms. The van der Waals surface area contributed by atoms with Gasteiger partial charge in [-0.15, -0.1) is 0 Å². The molecule has 0 aromatic heterocycles. The molecule has 136 valence electrons. The quantitative estimate of drug-likeness (QED) is 0.674. The van der Waals surface area contributed by atoms with Crippen molar-refractivity contribution in [3.05, 3.63) is 35.9 Å². The van der Waals surface area contributed by atoms with Crippen LogP contribution >= 0.6 is 0 Å². The molecule has 1 aliphatic rings. The summed E-state index contributed by atoms with van der Waals surface area (Å²) in [6, 6.07) is 9.68. The molecule has 2 rings (SSSR count). The number of hydrogen-bond donors (Lipinski definition) is 1. The Hall–Kier alpha value is -2.41. The van der Waals surface area contributed by atoms with Crippen LogP contribution in [0, 0.1) is 0 Å². The maximum atomic E-state index is 12.7. The molecule has 1 aromatic carbocycles. The lowest BCUT2D eigenvalue weighted by molar-refractivity contribution is -0.157. The van der Waals surface area contributed by atoms with Crippen LogP contribution in [-0.2, 0) is 20.9 Å². The predicted molar refractivity (Wildman–Crippen MR) is 94.4 cm³/mol. The van der Waals surface area contributed by atoms with Gasteiger partial charge in [0.2, 0.25) is 5.91 Å². The van der Waals surface area contributed by atoms with E-state index in [1.807, 2.05) is 37.3 Å². The zero-order chi connectivity index (χ0) is 18.2. The summed E-state index contributed by atoms with van der Waals surface area (Å²) in [5.41, 5.74) is 6.59. The summed E-state index contributed by atoms with van der Waals surface area (Å²) in [4.78, 5) is 41.4. The second-order valence-electron chi connectivity index (χ2n) is 6.05. The number of piperazine rings is 1. The van der Waals surface area contributed by atoms with Gasteiger partial charge in [0.05, 0.1) is 0 Å². The van der Waals surface area contributed by atoms with Crippen LogP contribution in [0.25, 0.3) is 0 Å². The maximum Gasteiger partial charge on any atom is 0.312 e. The Bertz CT molecular complexity index is 606. The highest BCUT2D eigenvalue weighted by atomic mass is 16.2. The van der Waals surface area contributed by atoms with E-state index in [0.29, 0.717) is 45.7 Å². The van der Waals surface area contributed by atoms with E-state index in [9.17, 15) is 14.4 Å². The highest BCUT2D eigenvalue weighted by Gasteiger charge is 2.33. The zero-order valence-electron chi connectivity index (χ0n) is 14.7. The molecular weight excluding hydrogens is 320 g/mol.